The fourth-order valence-corrected chi connectivity index (χ4v) is 5.43. The number of aliphatic carboxylic acids is 1. The van der Waals surface area contributed by atoms with Crippen LogP contribution in [-0.4, -0.2) is 39.3 Å². The Morgan fingerprint density at radius 2 is 1.97 bits per heavy atom. The van der Waals surface area contributed by atoms with Gasteiger partial charge in [-0.25, -0.2) is 9.18 Å². The van der Waals surface area contributed by atoms with Crippen LogP contribution in [0.3, 0.4) is 0 Å². The minimum Gasteiger partial charge on any atom is -0.478 e. The fraction of sp³-hybridized carbons (Fsp3) is 0.320. The summed E-state index contributed by atoms with van der Waals surface area (Å²) in [6, 6.07) is 15.0. The van der Waals surface area contributed by atoms with Crippen LogP contribution < -0.4 is 0 Å². The summed E-state index contributed by atoms with van der Waals surface area (Å²) in [6.07, 6.45) is 2.92. The summed E-state index contributed by atoms with van der Waals surface area (Å²) in [5.41, 5.74) is 4.63. The Kier molecular flexibility index (Phi) is 6.49. The highest BCUT2D eigenvalue weighted by atomic mass is 32.2. The molecule has 1 unspecified atom stereocenters. The SMILES string of the molecule is CCSC1=C(C(=O)O)C(C)=CC(N2CCc3ccccc3C2)N1Cc1cccc(F)c1. The van der Waals surface area contributed by atoms with Gasteiger partial charge in [0.1, 0.15) is 12.0 Å². The number of hydrogen-bond donors (Lipinski definition) is 1. The zero-order chi connectivity index (χ0) is 22.0. The number of hydrogen-bond acceptors (Lipinski definition) is 4. The second kappa shape index (κ2) is 9.28. The molecule has 4 rings (SSSR count). The molecule has 0 bridgehead atoms. The van der Waals surface area contributed by atoms with E-state index in [0.717, 1.165) is 41.4 Å². The van der Waals surface area contributed by atoms with E-state index < -0.39 is 5.97 Å². The predicted octanol–water partition coefficient (Wildman–Crippen LogP) is 5.02. The summed E-state index contributed by atoms with van der Waals surface area (Å²) in [4.78, 5) is 16.7. The molecule has 31 heavy (non-hydrogen) atoms. The van der Waals surface area contributed by atoms with Crippen molar-refractivity contribution in [2.45, 2.75) is 39.5 Å². The molecule has 0 amide bonds. The van der Waals surface area contributed by atoms with Crippen molar-refractivity contribution in [2.24, 2.45) is 0 Å². The molecule has 0 spiro atoms. The lowest BCUT2D eigenvalue weighted by atomic mass is 9.97. The molecule has 162 valence electrons. The van der Waals surface area contributed by atoms with Crippen molar-refractivity contribution < 1.29 is 14.3 Å². The minimum absolute atomic E-state index is 0.0891. The Morgan fingerprint density at radius 1 is 1.19 bits per heavy atom. The molecule has 0 saturated carbocycles. The monoisotopic (exact) mass is 438 g/mol. The maximum atomic E-state index is 13.9. The number of carbonyl (C=O) groups is 1. The number of carboxylic acid groups (broad SMARTS) is 1. The van der Waals surface area contributed by atoms with E-state index >= 15 is 0 Å². The molecule has 0 radical (unpaired) electrons. The van der Waals surface area contributed by atoms with E-state index in [1.807, 2.05) is 19.9 Å². The first-order valence-electron chi connectivity index (χ1n) is 10.6. The summed E-state index contributed by atoms with van der Waals surface area (Å²) in [5.74, 6) is -0.442. The van der Waals surface area contributed by atoms with Crippen LogP contribution in [0.15, 0.2) is 70.8 Å². The third-order valence-corrected chi connectivity index (χ3v) is 6.86. The highest BCUT2D eigenvalue weighted by Gasteiger charge is 2.35. The van der Waals surface area contributed by atoms with Crippen molar-refractivity contribution in [3.05, 3.63) is 93.3 Å². The van der Waals surface area contributed by atoms with Gasteiger partial charge in [0, 0.05) is 19.6 Å². The maximum Gasteiger partial charge on any atom is 0.338 e. The molecule has 0 aliphatic carbocycles. The smallest absolute Gasteiger partial charge is 0.338 e. The number of carboxylic acids is 1. The second-order valence-electron chi connectivity index (χ2n) is 7.93. The highest BCUT2D eigenvalue weighted by molar-refractivity contribution is 8.03. The van der Waals surface area contributed by atoms with Gasteiger partial charge in [-0.2, -0.15) is 0 Å². The Balaban J connectivity index is 1.74. The molecule has 0 saturated heterocycles. The van der Waals surface area contributed by atoms with E-state index in [1.54, 1.807) is 17.8 Å². The van der Waals surface area contributed by atoms with E-state index in [9.17, 15) is 14.3 Å². The predicted molar refractivity (Wildman–Crippen MR) is 123 cm³/mol. The van der Waals surface area contributed by atoms with Gasteiger partial charge in [-0.1, -0.05) is 43.3 Å². The average Bonchev–Trinajstić information content (AvgIpc) is 2.75. The Hall–Kier alpha value is -2.57. The lowest BCUT2D eigenvalue weighted by Crippen LogP contribution is -2.50. The molecular weight excluding hydrogens is 411 g/mol. The number of thioether (sulfide) groups is 1. The first kappa shape index (κ1) is 21.7. The van der Waals surface area contributed by atoms with Crippen molar-refractivity contribution in [1.29, 1.82) is 0 Å². The Bertz CT molecular complexity index is 1050. The third kappa shape index (κ3) is 4.55. The van der Waals surface area contributed by atoms with Crippen LogP contribution in [0.5, 0.6) is 0 Å². The first-order chi connectivity index (χ1) is 15.0. The molecule has 1 atom stereocenters. The lowest BCUT2D eigenvalue weighted by molar-refractivity contribution is -0.132. The minimum atomic E-state index is -0.920. The van der Waals surface area contributed by atoms with E-state index in [-0.39, 0.29) is 12.0 Å². The van der Waals surface area contributed by atoms with Gasteiger partial charge in [-0.3, -0.25) is 4.90 Å². The van der Waals surface area contributed by atoms with Crippen molar-refractivity contribution in [1.82, 2.24) is 9.80 Å². The Labute approximate surface area is 187 Å². The number of rotatable bonds is 6. The van der Waals surface area contributed by atoms with Gasteiger partial charge in [0.2, 0.25) is 0 Å². The van der Waals surface area contributed by atoms with Crippen molar-refractivity contribution >= 4 is 17.7 Å². The van der Waals surface area contributed by atoms with Gasteiger partial charge >= 0.3 is 5.97 Å². The number of nitrogens with zero attached hydrogens (tertiary/aromatic N) is 2. The molecule has 2 aromatic rings. The highest BCUT2D eigenvalue weighted by Crippen LogP contribution is 2.38. The molecule has 2 aromatic carbocycles. The zero-order valence-electron chi connectivity index (χ0n) is 17.8. The van der Waals surface area contributed by atoms with Gasteiger partial charge < -0.3 is 10.0 Å². The summed E-state index contributed by atoms with van der Waals surface area (Å²) >= 11 is 1.54. The number of benzene rings is 2. The molecule has 2 aliphatic rings. The normalized spacial score (nSPS) is 19.3. The standard InChI is InChI=1S/C25H27FN2O2S/c1-3-31-24-23(25(29)30)17(2)13-22(28(24)15-18-7-6-10-21(26)14-18)27-12-11-19-8-4-5-9-20(19)16-27/h4-10,13-14,22H,3,11-12,15-16H2,1-2H3,(H,29,30). The van der Waals surface area contributed by atoms with Crippen LogP contribution in [0.2, 0.25) is 0 Å². The maximum absolute atomic E-state index is 13.9. The Morgan fingerprint density at radius 3 is 2.68 bits per heavy atom. The quantitative estimate of drug-likeness (QED) is 0.686. The molecule has 2 heterocycles. The lowest BCUT2D eigenvalue weighted by Gasteiger charge is -2.45. The van der Waals surface area contributed by atoms with Gasteiger partial charge in [-0.05, 0) is 59.6 Å². The molecule has 0 fully saturated rings. The largest absolute Gasteiger partial charge is 0.478 e. The average molecular weight is 439 g/mol. The molecule has 0 aromatic heterocycles. The first-order valence-corrected chi connectivity index (χ1v) is 11.6. The van der Waals surface area contributed by atoms with Gasteiger partial charge in [-0.15, -0.1) is 11.8 Å². The molecule has 4 nitrogen and oxygen atoms in total. The fourth-order valence-electron chi connectivity index (χ4n) is 4.42. The van der Waals surface area contributed by atoms with Crippen LogP contribution in [0, 0.1) is 5.82 Å². The van der Waals surface area contributed by atoms with Gasteiger partial charge in [0.15, 0.2) is 0 Å². The van der Waals surface area contributed by atoms with Crippen LogP contribution in [0.4, 0.5) is 4.39 Å². The second-order valence-corrected chi connectivity index (χ2v) is 9.18. The van der Waals surface area contributed by atoms with Crippen LogP contribution >= 0.6 is 11.8 Å². The molecular formula is C25H27FN2O2S. The van der Waals surface area contributed by atoms with Gasteiger partial charge in [0.25, 0.3) is 0 Å². The summed E-state index contributed by atoms with van der Waals surface area (Å²) in [6.45, 7) is 6.04. The molecule has 6 heteroatoms. The van der Waals surface area contributed by atoms with E-state index in [0.29, 0.717) is 12.1 Å². The van der Waals surface area contributed by atoms with E-state index in [2.05, 4.69) is 40.1 Å². The van der Waals surface area contributed by atoms with Crippen molar-refractivity contribution in [2.75, 3.05) is 12.3 Å². The summed E-state index contributed by atoms with van der Waals surface area (Å²) < 4.78 is 13.9. The van der Waals surface area contributed by atoms with Crippen molar-refractivity contribution in [3.8, 4) is 0 Å². The molecule has 1 N–H and O–H groups in total. The van der Waals surface area contributed by atoms with Crippen LogP contribution in [0.25, 0.3) is 0 Å². The topological polar surface area (TPSA) is 43.8 Å². The number of fused-ring (bicyclic) bond motifs is 1. The van der Waals surface area contributed by atoms with Crippen LogP contribution in [-0.2, 0) is 24.3 Å². The molecule has 2 aliphatic heterocycles. The van der Waals surface area contributed by atoms with E-state index in [1.165, 1.54) is 23.3 Å². The van der Waals surface area contributed by atoms with Gasteiger partial charge in [0.05, 0.1) is 10.6 Å². The van der Waals surface area contributed by atoms with E-state index in [4.69, 9.17) is 0 Å². The summed E-state index contributed by atoms with van der Waals surface area (Å²) in [5, 5.41) is 10.7. The summed E-state index contributed by atoms with van der Waals surface area (Å²) in [7, 11) is 0. The zero-order valence-corrected chi connectivity index (χ0v) is 18.7. The third-order valence-electron chi connectivity index (χ3n) is 5.86. The van der Waals surface area contributed by atoms with Crippen LogP contribution in [0.1, 0.15) is 30.5 Å². The van der Waals surface area contributed by atoms with Crippen molar-refractivity contribution in [3.63, 3.8) is 0 Å². The number of halogens is 1.